The van der Waals surface area contributed by atoms with E-state index in [1.165, 1.54) is 38.5 Å². The molecule has 0 aromatic heterocycles. The fraction of sp³-hybridized carbons (Fsp3) is 0.458. The molecule has 0 spiro atoms. The molecule has 0 radical (unpaired) electrons. The Hall–Kier alpha value is -5.98. The van der Waals surface area contributed by atoms with Gasteiger partial charge in [0.15, 0.2) is 0 Å². The van der Waals surface area contributed by atoms with Crippen LogP contribution in [0.5, 0.6) is 0 Å². The number of unbranched alkanes of at least 4 members (excludes halogenated alkanes) is 10. The van der Waals surface area contributed by atoms with Crippen molar-refractivity contribution in [3.05, 3.63) is 119 Å². The lowest BCUT2D eigenvalue weighted by Crippen LogP contribution is -2.46. The Kier molecular flexibility index (Phi) is 29.2. The molecule has 0 saturated heterocycles. The average molecular weight is 1160 g/mol. The van der Waals surface area contributed by atoms with Gasteiger partial charge in [0.05, 0.1) is 36.6 Å². The number of nitrogens with two attached hydrogens (primary N) is 2. The van der Waals surface area contributed by atoms with Crippen LogP contribution in [0.4, 0.5) is 4.79 Å². The van der Waals surface area contributed by atoms with Gasteiger partial charge in [-0.25, -0.2) is 14.4 Å². The highest BCUT2D eigenvalue weighted by Gasteiger charge is 2.31. The molecule has 6 rings (SSSR count). The predicted molar refractivity (Wildman–Crippen MR) is 307 cm³/mol. The van der Waals surface area contributed by atoms with Gasteiger partial charge in [0, 0.05) is 23.3 Å². The van der Waals surface area contributed by atoms with E-state index in [0.717, 1.165) is 94.8 Å². The van der Waals surface area contributed by atoms with Crippen LogP contribution < -0.4 is 16.8 Å². The van der Waals surface area contributed by atoms with Gasteiger partial charge in [-0.1, -0.05) is 191 Å². The first-order valence-electron chi connectivity index (χ1n) is 26.4. The summed E-state index contributed by atoms with van der Waals surface area (Å²) in [7, 11) is 0. The molecule has 5 N–H and O–H groups in total. The fourth-order valence-electron chi connectivity index (χ4n) is 8.77. The van der Waals surface area contributed by atoms with E-state index in [2.05, 4.69) is 72.0 Å². The number of hydrogen-bond donors (Lipinski definition) is 4. The van der Waals surface area contributed by atoms with Crippen molar-refractivity contribution < 1.29 is 57.3 Å². The van der Waals surface area contributed by atoms with Gasteiger partial charge in [0.25, 0.3) is 0 Å². The van der Waals surface area contributed by atoms with E-state index < -0.39 is 59.3 Å². The zero-order valence-corrected chi connectivity index (χ0v) is 47.5. The normalized spacial score (nSPS) is 12.6. The number of benzene rings is 4. The van der Waals surface area contributed by atoms with Crippen LogP contribution in [0.3, 0.4) is 0 Å². The molecule has 416 valence electrons. The second-order valence-corrected chi connectivity index (χ2v) is 20.6. The van der Waals surface area contributed by atoms with Gasteiger partial charge in [-0.15, -0.1) is 0 Å². The van der Waals surface area contributed by atoms with Crippen LogP contribution in [0.25, 0.3) is 22.3 Å². The van der Waals surface area contributed by atoms with Gasteiger partial charge >= 0.3 is 24.0 Å². The number of Topliss-reactive ketones (excluding diaryl/α,β-unsaturated/α-hetero) is 2. The second kappa shape index (κ2) is 35.4. The largest absolute Gasteiger partial charge is 0.465 e. The van der Waals surface area contributed by atoms with Crippen LogP contribution in [0, 0.1) is 5.92 Å². The van der Waals surface area contributed by atoms with Crippen molar-refractivity contribution in [3.63, 3.8) is 0 Å². The van der Waals surface area contributed by atoms with Gasteiger partial charge in [-0.3, -0.25) is 24.0 Å². The number of nitrogens with one attached hydrogen (secondary N) is 1. The predicted octanol–water partition coefficient (Wildman–Crippen LogP) is 10.2. The fourth-order valence-corrected chi connectivity index (χ4v) is 10.3. The number of halogens is 1. The Morgan fingerprint density at radius 3 is 1.36 bits per heavy atom. The highest BCUT2D eigenvalue weighted by molar-refractivity contribution is 9.09. The first-order valence-corrected chi connectivity index (χ1v) is 29.3. The lowest BCUT2D eigenvalue weighted by atomic mass is 9.98. The van der Waals surface area contributed by atoms with E-state index in [1.54, 1.807) is 0 Å². The van der Waals surface area contributed by atoms with Crippen LogP contribution in [0.2, 0.25) is 0 Å². The Morgan fingerprint density at radius 1 is 0.558 bits per heavy atom. The number of fused-ring (bicyclic) bond motifs is 6. The second-order valence-electron chi connectivity index (χ2n) is 18.6. The van der Waals surface area contributed by atoms with Crippen LogP contribution >= 0.6 is 40.3 Å². The van der Waals surface area contributed by atoms with Crippen molar-refractivity contribution in [1.82, 2.24) is 5.32 Å². The summed E-state index contributed by atoms with van der Waals surface area (Å²) < 4.78 is 20.7. The summed E-state index contributed by atoms with van der Waals surface area (Å²) in [6.45, 7) is 5.27. The number of esters is 3. The first-order chi connectivity index (χ1) is 37.3. The Balaban J connectivity index is 0.000000279. The molecule has 77 heavy (non-hydrogen) atoms. The van der Waals surface area contributed by atoms with Gasteiger partial charge < -0.3 is 35.7 Å². The van der Waals surface area contributed by atoms with Gasteiger partial charge in [-0.2, -0.15) is 24.4 Å². The molecule has 0 fully saturated rings. The number of carbonyl (C=O) groups excluding carboxylic acids is 8. The van der Waals surface area contributed by atoms with Crippen molar-refractivity contribution in [1.29, 1.82) is 0 Å². The van der Waals surface area contributed by atoms with E-state index in [9.17, 15) is 38.4 Å². The summed E-state index contributed by atoms with van der Waals surface area (Å²) in [5.74, 6) is -5.35. The van der Waals surface area contributed by atoms with Crippen molar-refractivity contribution in [2.75, 3.05) is 49.0 Å². The zero-order chi connectivity index (χ0) is 56.0. The van der Waals surface area contributed by atoms with Crippen molar-refractivity contribution >= 4 is 87.7 Å². The highest BCUT2D eigenvalue weighted by Crippen LogP contribution is 2.45. The van der Waals surface area contributed by atoms with Gasteiger partial charge in [-0.05, 0) is 57.3 Å². The molecule has 0 bridgehead atoms. The molecule has 2 aliphatic rings. The maximum atomic E-state index is 12.6. The van der Waals surface area contributed by atoms with E-state index in [1.807, 2.05) is 72.8 Å². The summed E-state index contributed by atoms with van der Waals surface area (Å²) in [5, 5.41) is 2.47. The van der Waals surface area contributed by atoms with Crippen molar-refractivity contribution in [2.24, 2.45) is 17.4 Å². The molecule has 15 nitrogen and oxygen atoms in total. The lowest BCUT2D eigenvalue weighted by Gasteiger charge is -2.16. The number of alkyl halides is 1. The van der Waals surface area contributed by atoms with Crippen LogP contribution in [-0.2, 0) is 52.5 Å². The van der Waals surface area contributed by atoms with Crippen LogP contribution in [0.15, 0.2) is 97.1 Å². The number of thiol groups is 1. The minimum Gasteiger partial charge on any atom is -0.465 e. The molecular formula is C59H74BrN3O12S2. The molecule has 0 saturated carbocycles. The number of alkyl carbamates (subject to hydrolysis) is 1. The third-order valence-electron chi connectivity index (χ3n) is 12.9. The summed E-state index contributed by atoms with van der Waals surface area (Å²) >= 11 is 7.99. The Bertz CT molecular complexity index is 2490. The number of ether oxygens (including phenoxy) is 4. The molecule has 0 heterocycles. The molecule has 18 heteroatoms. The zero-order valence-electron chi connectivity index (χ0n) is 44.2. The molecule has 0 aliphatic heterocycles. The van der Waals surface area contributed by atoms with Crippen LogP contribution in [-0.4, -0.2) is 102 Å². The maximum Gasteiger partial charge on any atom is 0.407 e. The number of rotatable bonds is 31. The molecule has 4 aromatic carbocycles. The minimum absolute atomic E-state index is 0.0221. The molecule has 2 unspecified atom stereocenters. The van der Waals surface area contributed by atoms with E-state index in [-0.39, 0.29) is 60.7 Å². The molecular weight excluding hydrogens is 1090 g/mol. The Labute approximate surface area is 470 Å². The number of hydrogen-bond acceptors (Lipinski definition) is 14. The van der Waals surface area contributed by atoms with Gasteiger partial charge in [0.1, 0.15) is 19.3 Å². The van der Waals surface area contributed by atoms with Crippen molar-refractivity contribution in [3.8, 4) is 22.3 Å². The van der Waals surface area contributed by atoms with E-state index in [0.29, 0.717) is 6.61 Å². The summed E-state index contributed by atoms with van der Waals surface area (Å²) in [5.41, 5.74) is 19.7. The van der Waals surface area contributed by atoms with Crippen molar-refractivity contribution in [2.45, 2.75) is 115 Å². The van der Waals surface area contributed by atoms with Gasteiger partial charge in [0.2, 0.25) is 23.4 Å². The highest BCUT2D eigenvalue weighted by atomic mass is 79.9. The summed E-state index contributed by atoms with van der Waals surface area (Å²) in [6, 6.07) is 31.4. The number of thioether (sulfide) groups is 1. The molecule has 3 amide bonds. The number of primary amides is 2. The number of amides is 3. The average Bonchev–Trinajstić information content (AvgIpc) is 3.96. The standard InChI is InChI=1S/C30H37NO6S.C18H18N2O3S.C11H19BrO3/c1-2-3-4-5-6-11-16-36-30(35)27(32)20-38-19-21(29(31)34)17-28(33)37-18-26-24-14-9-7-12-22(24)23-13-8-10-15-25(23)26;19-17(21)16(10-24)20-18(22)23-9-15-13-7-3-1-5-11(13)12-6-2-4-8-14(12)15;1-2-3-4-5-6-7-8-15-11(14)10(13)9-12/h7-10,12-15,21,26H,2-6,11,16-20H2,1H3,(H2,31,34);1-8,15-16,24H,9-10H2,(H2,19,21)(H,20,22);2-9H2,1H3. The first kappa shape index (κ1) is 63.6. The smallest absolute Gasteiger partial charge is 0.407 e. The third-order valence-corrected chi connectivity index (χ3v) is 14.9. The minimum atomic E-state index is -0.863. The maximum absolute atomic E-state index is 12.6. The third kappa shape index (κ3) is 21.1. The summed E-state index contributed by atoms with van der Waals surface area (Å²) in [4.78, 5) is 93.3. The van der Waals surface area contributed by atoms with Crippen LogP contribution in [0.1, 0.15) is 131 Å². The molecule has 2 aliphatic carbocycles. The quantitative estimate of drug-likeness (QED) is 0.00917. The van der Waals surface area contributed by atoms with E-state index >= 15 is 0 Å². The number of carbonyl (C=O) groups is 8. The monoisotopic (exact) mass is 1160 g/mol. The number of ketones is 2. The van der Waals surface area contributed by atoms with E-state index in [4.69, 9.17) is 30.4 Å². The topological polar surface area (TPSA) is 238 Å². The SMILES string of the molecule is CCCCCCCCOC(=O)C(=O)CBr.CCCCCCCCOC(=O)C(=O)CSCC(CC(=O)OCC1c2ccccc2-c2ccccc21)C(N)=O.NC(=O)C(CS)NC(=O)OCC1c2ccccc2-c2ccccc21. The molecule has 4 aromatic rings. The molecule has 2 atom stereocenters. The Morgan fingerprint density at radius 2 is 0.961 bits per heavy atom. The lowest BCUT2D eigenvalue weighted by molar-refractivity contribution is -0.152. The summed E-state index contributed by atoms with van der Waals surface area (Å²) in [6.07, 6.45) is 12.3.